The number of halogens is 1. The van der Waals surface area contributed by atoms with Crippen LogP contribution in [0.15, 0.2) is 59.5 Å². The van der Waals surface area contributed by atoms with Crippen molar-refractivity contribution in [3.8, 4) is 0 Å². The molecule has 1 aliphatic rings. The van der Waals surface area contributed by atoms with Crippen molar-refractivity contribution in [1.82, 2.24) is 14.5 Å². The molecule has 0 heterocycles. The molecule has 1 fully saturated rings. The molecule has 0 radical (unpaired) electrons. The first-order chi connectivity index (χ1) is 17.2. The quantitative estimate of drug-likeness (QED) is 0.432. The molecule has 1 aliphatic carbocycles. The smallest absolute Gasteiger partial charge is 0.243 e. The van der Waals surface area contributed by atoms with E-state index < -0.39 is 16.1 Å². The van der Waals surface area contributed by atoms with Gasteiger partial charge in [0, 0.05) is 37.6 Å². The van der Waals surface area contributed by atoms with Crippen LogP contribution in [0.4, 0.5) is 0 Å². The molecule has 2 aromatic carbocycles. The van der Waals surface area contributed by atoms with E-state index in [-0.39, 0.29) is 42.3 Å². The van der Waals surface area contributed by atoms with E-state index in [1.165, 1.54) is 11.4 Å². The molecule has 7 nitrogen and oxygen atoms in total. The Bertz CT molecular complexity index is 1100. The minimum atomic E-state index is -3.63. The lowest BCUT2D eigenvalue weighted by atomic mass is 10.1. The maximum absolute atomic E-state index is 13.4. The average Bonchev–Trinajstić information content (AvgIpc) is 3.38. The molecule has 9 heteroatoms. The van der Waals surface area contributed by atoms with E-state index >= 15 is 0 Å². The summed E-state index contributed by atoms with van der Waals surface area (Å²) in [6, 6.07) is 15.0. The number of hydrogen-bond donors (Lipinski definition) is 1. The molecule has 1 N–H and O–H groups in total. The molecule has 2 amide bonds. The summed E-state index contributed by atoms with van der Waals surface area (Å²) >= 11 is 6.03. The molecule has 0 saturated heterocycles. The molecule has 0 aromatic heterocycles. The SMILES string of the molecule is CCC(C(=O)NC1CCCC1)N(Cc1ccc(Cl)cc1)C(=O)CCCN(C)S(=O)(=O)c1ccccc1. The summed E-state index contributed by atoms with van der Waals surface area (Å²) in [5, 5.41) is 3.73. The summed E-state index contributed by atoms with van der Waals surface area (Å²) in [5.74, 6) is -0.306. The van der Waals surface area contributed by atoms with Crippen molar-refractivity contribution in [2.45, 2.75) is 75.4 Å². The van der Waals surface area contributed by atoms with Gasteiger partial charge in [0.1, 0.15) is 6.04 Å². The molecular formula is C27H36ClN3O4S. The molecule has 36 heavy (non-hydrogen) atoms. The number of rotatable bonds is 12. The molecule has 3 rings (SSSR count). The van der Waals surface area contributed by atoms with Crippen LogP contribution in [-0.2, 0) is 26.2 Å². The van der Waals surface area contributed by atoms with Gasteiger partial charge in [-0.2, -0.15) is 0 Å². The van der Waals surface area contributed by atoms with Crippen LogP contribution in [0.25, 0.3) is 0 Å². The number of benzene rings is 2. The molecule has 1 unspecified atom stereocenters. The van der Waals surface area contributed by atoms with Gasteiger partial charge in [0.05, 0.1) is 4.90 Å². The maximum atomic E-state index is 13.4. The average molecular weight is 534 g/mol. The van der Waals surface area contributed by atoms with Crippen molar-refractivity contribution in [3.05, 3.63) is 65.2 Å². The van der Waals surface area contributed by atoms with E-state index in [0.717, 1.165) is 31.2 Å². The summed E-state index contributed by atoms with van der Waals surface area (Å²) in [7, 11) is -2.11. The zero-order chi connectivity index (χ0) is 26.1. The van der Waals surface area contributed by atoms with Crippen molar-refractivity contribution < 1.29 is 18.0 Å². The number of hydrogen-bond acceptors (Lipinski definition) is 4. The highest BCUT2D eigenvalue weighted by molar-refractivity contribution is 7.89. The normalized spacial score (nSPS) is 15.1. The van der Waals surface area contributed by atoms with Crippen molar-refractivity contribution in [3.63, 3.8) is 0 Å². The van der Waals surface area contributed by atoms with Gasteiger partial charge in [0.15, 0.2) is 0 Å². The number of nitrogens with zero attached hydrogens (tertiary/aromatic N) is 2. The Balaban J connectivity index is 1.68. The van der Waals surface area contributed by atoms with E-state index in [2.05, 4.69) is 5.32 Å². The molecule has 196 valence electrons. The van der Waals surface area contributed by atoms with Crippen molar-refractivity contribution in [2.24, 2.45) is 0 Å². The predicted octanol–water partition coefficient (Wildman–Crippen LogP) is 4.61. The highest BCUT2D eigenvalue weighted by atomic mass is 35.5. The van der Waals surface area contributed by atoms with Gasteiger partial charge in [-0.25, -0.2) is 12.7 Å². The lowest BCUT2D eigenvalue weighted by Gasteiger charge is -2.32. The Morgan fingerprint density at radius 2 is 1.69 bits per heavy atom. The van der Waals surface area contributed by atoms with Crippen LogP contribution in [0.5, 0.6) is 0 Å². The van der Waals surface area contributed by atoms with E-state index in [9.17, 15) is 18.0 Å². The zero-order valence-electron chi connectivity index (χ0n) is 21.0. The number of nitrogens with one attached hydrogen (secondary N) is 1. The second-order valence-electron chi connectivity index (χ2n) is 9.31. The summed E-state index contributed by atoms with van der Waals surface area (Å²) in [6.45, 7) is 2.38. The Morgan fingerprint density at radius 3 is 2.31 bits per heavy atom. The molecule has 0 bridgehead atoms. The first-order valence-corrected chi connectivity index (χ1v) is 14.4. The van der Waals surface area contributed by atoms with Crippen LogP contribution >= 0.6 is 11.6 Å². The summed E-state index contributed by atoms with van der Waals surface area (Å²) < 4.78 is 26.8. The maximum Gasteiger partial charge on any atom is 0.243 e. The molecule has 1 saturated carbocycles. The topological polar surface area (TPSA) is 86.8 Å². The molecule has 1 atom stereocenters. The Labute approximate surface area is 219 Å². The summed E-state index contributed by atoms with van der Waals surface area (Å²) in [6.07, 6.45) is 5.11. The monoisotopic (exact) mass is 533 g/mol. The highest BCUT2D eigenvalue weighted by Gasteiger charge is 2.30. The van der Waals surface area contributed by atoms with Crippen LogP contribution in [0.1, 0.15) is 57.4 Å². The van der Waals surface area contributed by atoms with Crippen LogP contribution in [0.2, 0.25) is 5.02 Å². The Hall–Kier alpha value is -2.42. The van der Waals surface area contributed by atoms with Crippen LogP contribution in [0.3, 0.4) is 0 Å². The molecule has 0 aliphatic heterocycles. The van der Waals surface area contributed by atoms with E-state index in [4.69, 9.17) is 11.6 Å². The van der Waals surface area contributed by atoms with Gasteiger partial charge in [-0.15, -0.1) is 0 Å². The van der Waals surface area contributed by atoms with Crippen molar-refractivity contribution in [2.75, 3.05) is 13.6 Å². The highest BCUT2D eigenvalue weighted by Crippen LogP contribution is 2.21. The summed E-state index contributed by atoms with van der Waals surface area (Å²) in [4.78, 5) is 28.4. The van der Waals surface area contributed by atoms with Crippen LogP contribution in [-0.4, -0.2) is 55.1 Å². The third kappa shape index (κ3) is 7.54. The third-order valence-electron chi connectivity index (χ3n) is 6.67. The van der Waals surface area contributed by atoms with Gasteiger partial charge >= 0.3 is 0 Å². The van der Waals surface area contributed by atoms with Crippen molar-refractivity contribution in [1.29, 1.82) is 0 Å². The summed E-state index contributed by atoms with van der Waals surface area (Å²) in [5.41, 5.74) is 0.878. The number of sulfonamides is 1. The van der Waals surface area contributed by atoms with Gasteiger partial charge in [-0.1, -0.05) is 61.7 Å². The van der Waals surface area contributed by atoms with Gasteiger partial charge in [-0.05, 0) is 55.5 Å². The van der Waals surface area contributed by atoms with Gasteiger partial charge in [-0.3, -0.25) is 9.59 Å². The molecular weight excluding hydrogens is 498 g/mol. The predicted molar refractivity (Wildman–Crippen MR) is 142 cm³/mol. The Morgan fingerprint density at radius 1 is 1.06 bits per heavy atom. The van der Waals surface area contributed by atoms with Crippen molar-refractivity contribution >= 4 is 33.4 Å². The fourth-order valence-electron chi connectivity index (χ4n) is 4.56. The fourth-order valence-corrected chi connectivity index (χ4v) is 5.92. The first kappa shape index (κ1) is 28.2. The Kier molecular flexibility index (Phi) is 10.3. The lowest BCUT2D eigenvalue weighted by Crippen LogP contribution is -2.51. The minimum absolute atomic E-state index is 0.129. The fraction of sp³-hybridized carbons (Fsp3) is 0.481. The third-order valence-corrected chi connectivity index (χ3v) is 8.79. The molecule has 0 spiro atoms. The number of carbonyl (C=O) groups is 2. The van der Waals surface area contributed by atoms with Gasteiger partial charge in [0.2, 0.25) is 21.8 Å². The van der Waals surface area contributed by atoms with Crippen LogP contribution in [0, 0.1) is 0 Å². The first-order valence-electron chi connectivity index (χ1n) is 12.6. The second-order valence-corrected chi connectivity index (χ2v) is 11.8. The van der Waals surface area contributed by atoms with E-state index in [1.807, 2.05) is 19.1 Å². The van der Waals surface area contributed by atoms with Gasteiger partial charge in [0.25, 0.3) is 0 Å². The van der Waals surface area contributed by atoms with E-state index in [1.54, 1.807) is 47.4 Å². The van der Waals surface area contributed by atoms with Crippen LogP contribution < -0.4 is 5.32 Å². The minimum Gasteiger partial charge on any atom is -0.352 e. The standard InChI is InChI=1S/C27H36ClN3O4S/c1-3-25(27(33)29-23-10-7-8-11-23)31(20-21-15-17-22(28)18-16-21)26(32)14-9-19-30(2)36(34,35)24-12-5-4-6-13-24/h4-6,12-13,15-18,23,25H,3,7-11,14,19-20H2,1-2H3,(H,29,33). The lowest BCUT2D eigenvalue weighted by molar-refractivity contribution is -0.141. The zero-order valence-corrected chi connectivity index (χ0v) is 22.6. The van der Waals surface area contributed by atoms with E-state index in [0.29, 0.717) is 17.9 Å². The van der Waals surface area contributed by atoms with Gasteiger partial charge < -0.3 is 10.2 Å². The second kappa shape index (κ2) is 13.2. The largest absolute Gasteiger partial charge is 0.352 e. The number of amides is 2. The number of carbonyl (C=O) groups excluding carboxylic acids is 2. The molecule has 2 aromatic rings.